The summed E-state index contributed by atoms with van der Waals surface area (Å²) in [7, 11) is -3.92. The van der Waals surface area contributed by atoms with Gasteiger partial charge in [-0.25, -0.2) is 22.4 Å². The average molecular weight is 662 g/mol. The van der Waals surface area contributed by atoms with E-state index >= 15 is 0 Å². The van der Waals surface area contributed by atoms with E-state index in [1.54, 1.807) is 42.9 Å². The summed E-state index contributed by atoms with van der Waals surface area (Å²) in [4.78, 5) is 14.2. The van der Waals surface area contributed by atoms with Crippen molar-refractivity contribution in [2.75, 3.05) is 37.6 Å². The van der Waals surface area contributed by atoms with Crippen LogP contribution in [-0.4, -0.2) is 81.0 Å². The Morgan fingerprint density at radius 1 is 0.833 bits per heavy atom. The molecule has 6 aromatic rings. The number of hydrogen-bond donors (Lipinski definition) is 1. The van der Waals surface area contributed by atoms with Crippen molar-refractivity contribution in [1.29, 1.82) is 0 Å². The molecule has 1 saturated heterocycles. The first-order chi connectivity index (χ1) is 23.2. The van der Waals surface area contributed by atoms with Crippen molar-refractivity contribution in [3.63, 3.8) is 0 Å². The van der Waals surface area contributed by atoms with Gasteiger partial charge in [0, 0.05) is 91.7 Å². The van der Waals surface area contributed by atoms with E-state index in [0.717, 1.165) is 66.2 Å². The van der Waals surface area contributed by atoms with Crippen LogP contribution >= 0.6 is 0 Å². The molecule has 48 heavy (non-hydrogen) atoms. The smallest absolute Gasteiger partial charge is 0.269 e. The normalized spacial score (nSPS) is 14.9. The van der Waals surface area contributed by atoms with Crippen LogP contribution in [0.5, 0.6) is 0 Å². The summed E-state index contributed by atoms with van der Waals surface area (Å²) in [6.45, 7) is 8.57. The average Bonchev–Trinajstić information content (AvgIpc) is 3.73. The number of piperazine rings is 1. The Morgan fingerprint density at radius 2 is 1.58 bits per heavy atom. The Bertz CT molecular complexity index is 2120. The van der Waals surface area contributed by atoms with Gasteiger partial charge in [0.15, 0.2) is 5.65 Å². The van der Waals surface area contributed by atoms with Gasteiger partial charge in [-0.15, -0.1) is 0 Å². The molecule has 246 valence electrons. The van der Waals surface area contributed by atoms with Gasteiger partial charge in [0.1, 0.15) is 5.82 Å². The van der Waals surface area contributed by atoms with Gasteiger partial charge in [0.2, 0.25) is 0 Å². The third-order valence-electron chi connectivity index (χ3n) is 8.91. The predicted molar refractivity (Wildman–Crippen MR) is 188 cm³/mol. The molecule has 0 saturated carbocycles. The minimum absolute atomic E-state index is 0.201. The monoisotopic (exact) mass is 661 g/mol. The van der Waals surface area contributed by atoms with Crippen LogP contribution in [0.4, 0.5) is 5.82 Å². The Morgan fingerprint density at radius 3 is 2.29 bits per heavy atom. The number of aliphatic hydroxyl groups is 1. The van der Waals surface area contributed by atoms with E-state index < -0.39 is 10.0 Å². The molecular weight excluding hydrogens is 623 g/mol. The van der Waals surface area contributed by atoms with E-state index in [1.807, 2.05) is 67.3 Å². The lowest BCUT2D eigenvalue weighted by Crippen LogP contribution is -2.48. The molecule has 0 radical (unpaired) electrons. The lowest BCUT2D eigenvalue weighted by atomic mass is 10.1. The molecule has 1 fully saturated rings. The van der Waals surface area contributed by atoms with Gasteiger partial charge in [0.25, 0.3) is 10.0 Å². The van der Waals surface area contributed by atoms with Crippen LogP contribution in [0.3, 0.4) is 0 Å². The molecule has 2 aromatic carbocycles. The summed E-state index contributed by atoms with van der Waals surface area (Å²) in [5, 5.41) is 15.1. The maximum atomic E-state index is 14.0. The molecule has 0 amide bonds. The second-order valence-electron chi connectivity index (χ2n) is 12.5. The molecule has 7 rings (SSSR count). The maximum Gasteiger partial charge on any atom is 0.269 e. The van der Waals surface area contributed by atoms with Crippen LogP contribution in [0.15, 0.2) is 109 Å². The van der Waals surface area contributed by atoms with Gasteiger partial charge in [-0.3, -0.25) is 9.58 Å². The summed E-state index contributed by atoms with van der Waals surface area (Å²) in [5.41, 5.74) is 5.84. The molecular formula is C37H39N7O3S. The molecule has 1 aliphatic rings. The summed E-state index contributed by atoms with van der Waals surface area (Å²) in [6, 6.07) is 23.2. The van der Waals surface area contributed by atoms with Crippen molar-refractivity contribution in [1.82, 2.24) is 28.6 Å². The van der Waals surface area contributed by atoms with Crippen LogP contribution in [0.2, 0.25) is 0 Å². The minimum Gasteiger partial charge on any atom is -0.392 e. The molecule has 5 heterocycles. The van der Waals surface area contributed by atoms with Crippen molar-refractivity contribution in [3.05, 3.63) is 115 Å². The number of aliphatic hydroxyl groups excluding tert-OH is 1. The molecule has 1 aliphatic heterocycles. The molecule has 0 bridgehead atoms. The highest BCUT2D eigenvalue weighted by Crippen LogP contribution is 2.35. The van der Waals surface area contributed by atoms with Crippen molar-refractivity contribution in [2.24, 2.45) is 0 Å². The highest BCUT2D eigenvalue weighted by atomic mass is 32.2. The van der Waals surface area contributed by atoms with Gasteiger partial charge in [-0.2, -0.15) is 5.10 Å². The quantitative estimate of drug-likeness (QED) is 0.212. The standard InChI is InChI=1S/C37H39N7O3S/c1-27-8-11-33(12-9-27)48(46,47)44-26-35(32-23-40-43(25-32)15-14-29-6-4-3-5-7-29)34-20-31(22-39-37(34)44)30-10-13-36(38-21-30)42-18-16-41(17-19-42)24-28(2)45/h3-13,20-23,25-26,28,45H,14-19,24H2,1-2H3. The highest BCUT2D eigenvalue weighted by Gasteiger charge is 2.24. The maximum absolute atomic E-state index is 14.0. The second-order valence-corrected chi connectivity index (χ2v) is 14.3. The first-order valence-electron chi connectivity index (χ1n) is 16.3. The zero-order valence-electron chi connectivity index (χ0n) is 27.1. The summed E-state index contributed by atoms with van der Waals surface area (Å²) >= 11 is 0. The topological polar surface area (TPSA) is 109 Å². The number of aromatic nitrogens is 5. The van der Waals surface area contributed by atoms with E-state index in [2.05, 4.69) is 27.0 Å². The Hall–Kier alpha value is -4.84. The summed E-state index contributed by atoms with van der Waals surface area (Å²) < 4.78 is 31.1. The fraction of sp³-hybridized carbons (Fsp3) is 0.270. The van der Waals surface area contributed by atoms with Crippen LogP contribution in [0, 0.1) is 6.92 Å². The fourth-order valence-corrected chi connectivity index (χ4v) is 7.59. The fourth-order valence-electron chi connectivity index (χ4n) is 6.26. The minimum atomic E-state index is -3.92. The van der Waals surface area contributed by atoms with E-state index in [0.29, 0.717) is 24.1 Å². The number of rotatable bonds is 10. The molecule has 4 aromatic heterocycles. The van der Waals surface area contributed by atoms with E-state index in [-0.39, 0.29) is 11.0 Å². The number of fused-ring (bicyclic) bond motifs is 1. The second kappa shape index (κ2) is 13.3. The number of hydrogen-bond acceptors (Lipinski definition) is 8. The lowest BCUT2D eigenvalue weighted by Gasteiger charge is -2.35. The first kappa shape index (κ1) is 31.7. The first-order valence-corrected chi connectivity index (χ1v) is 17.7. The molecule has 0 aliphatic carbocycles. The Kier molecular flexibility index (Phi) is 8.83. The number of nitrogens with zero attached hydrogens (tertiary/aromatic N) is 7. The lowest BCUT2D eigenvalue weighted by molar-refractivity contribution is 0.122. The van der Waals surface area contributed by atoms with Gasteiger partial charge >= 0.3 is 0 Å². The Balaban J connectivity index is 1.22. The zero-order chi connectivity index (χ0) is 33.3. The SMILES string of the molecule is Cc1ccc(S(=O)(=O)n2cc(-c3cnn(CCc4ccccc4)c3)c3cc(-c4ccc(N5CCN(CC(C)O)CC5)nc4)cnc32)cc1. The van der Waals surface area contributed by atoms with E-state index in [9.17, 15) is 13.5 Å². The number of pyridine rings is 2. The van der Waals surface area contributed by atoms with Crippen LogP contribution in [0.25, 0.3) is 33.3 Å². The molecule has 0 spiro atoms. The van der Waals surface area contributed by atoms with E-state index in [4.69, 9.17) is 9.97 Å². The van der Waals surface area contributed by atoms with Crippen molar-refractivity contribution in [2.45, 2.75) is 37.8 Å². The van der Waals surface area contributed by atoms with E-state index in [1.165, 1.54) is 9.54 Å². The van der Waals surface area contributed by atoms with Crippen LogP contribution in [0.1, 0.15) is 18.1 Å². The van der Waals surface area contributed by atoms with Gasteiger partial charge in [-0.1, -0.05) is 48.0 Å². The molecule has 1 atom stereocenters. The third kappa shape index (κ3) is 6.62. The Labute approximate surface area is 281 Å². The van der Waals surface area contributed by atoms with Crippen LogP contribution in [-0.2, 0) is 23.0 Å². The van der Waals surface area contributed by atoms with Gasteiger partial charge in [0.05, 0.1) is 17.2 Å². The van der Waals surface area contributed by atoms with Crippen molar-refractivity contribution < 1.29 is 13.5 Å². The number of aryl methyl sites for hydroxylation is 3. The summed E-state index contributed by atoms with van der Waals surface area (Å²) in [6.07, 6.45) is 9.46. The van der Waals surface area contributed by atoms with Crippen LogP contribution < -0.4 is 4.90 Å². The molecule has 1 N–H and O–H groups in total. The third-order valence-corrected chi connectivity index (χ3v) is 10.6. The largest absolute Gasteiger partial charge is 0.392 e. The molecule has 10 nitrogen and oxygen atoms in total. The molecule has 1 unspecified atom stereocenters. The highest BCUT2D eigenvalue weighted by molar-refractivity contribution is 7.90. The number of benzene rings is 2. The summed E-state index contributed by atoms with van der Waals surface area (Å²) in [5.74, 6) is 0.906. The molecule has 11 heteroatoms. The van der Waals surface area contributed by atoms with Crippen molar-refractivity contribution >= 4 is 26.9 Å². The van der Waals surface area contributed by atoms with Gasteiger partial charge < -0.3 is 10.0 Å². The van der Waals surface area contributed by atoms with Crippen molar-refractivity contribution in [3.8, 4) is 22.3 Å². The zero-order valence-corrected chi connectivity index (χ0v) is 28.0. The predicted octanol–water partition coefficient (Wildman–Crippen LogP) is 5.25. The van der Waals surface area contributed by atoms with Gasteiger partial charge in [-0.05, 0) is 56.2 Å². The number of anilines is 1. The number of β-amino-alcohol motifs (C(OH)–C–C–N with tert-alkyl or cyclic N) is 1.